The first-order chi connectivity index (χ1) is 14.3. The van der Waals surface area contributed by atoms with Crippen molar-refractivity contribution in [2.45, 2.75) is 91.4 Å². The quantitative estimate of drug-likeness (QED) is 0.590. The Morgan fingerprint density at radius 1 is 1.07 bits per heavy atom. The lowest BCUT2D eigenvalue weighted by Gasteiger charge is -2.60. The molecule has 0 aromatic carbocycles. The van der Waals surface area contributed by atoms with Gasteiger partial charge in [-0.05, 0) is 97.7 Å². The van der Waals surface area contributed by atoms with Crippen molar-refractivity contribution in [2.24, 2.45) is 46.3 Å². The van der Waals surface area contributed by atoms with E-state index in [1.165, 1.54) is 51.4 Å². The minimum Gasteiger partial charge on any atom is -0.481 e. The van der Waals surface area contributed by atoms with E-state index in [1.807, 2.05) is 0 Å². The van der Waals surface area contributed by atoms with Gasteiger partial charge in [-0.2, -0.15) is 0 Å². The molecule has 0 aromatic rings. The highest BCUT2D eigenvalue weighted by atomic mass is 16.4. The molecule has 0 bridgehead atoms. The first-order valence-corrected chi connectivity index (χ1v) is 12.2. The van der Waals surface area contributed by atoms with Gasteiger partial charge in [0.25, 0.3) is 0 Å². The largest absolute Gasteiger partial charge is 0.481 e. The normalized spacial score (nSPS) is 43.2. The fourth-order valence-electron chi connectivity index (χ4n) is 8.80. The number of rotatable bonds is 4. The number of fused-ring (bicyclic) bond motifs is 5. The first-order valence-electron chi connectivity index (χ1n) is 12.2. The zero-order valence-electron chi connectivity index (χ0n) is 19.5. The average molecular weight is 419 g/mol. The molecule has 4 aliphatic carbocycles. The Balaban J connectivity index is 0.00000124. The lowest BCUT2D eigenvalue weighted by Crippen LogP contribution is -2.53. The van der Waals surface area contributed by atoms with Crippen molar-refractivity contribution < 1.29 is 19.8 Å². The van der Waals surface area contributed by atoms with E-state index in [1.54, 1.807) is 0 Å². The van der Waals surface area contributed by atoms with E-state index < -0.39 is 5.97 Å². The van der Waals surface area contributed by atoms with Crippen LogP contribution >= 0.6 is 0 Å². The van der Waals surface area contributed by atoms with Crippen molar-refractivity contribution >= 4 is 11.9 Å². The van der Waals surface area contributed by atoms with Crippen LogP contribution in [0.2, 0.25) is 0 Å². The predicted octanol–water partition coefficient (Wildman–Crippen LogP) is 5.51. The van der Waals surface area contributed by atoms with Crippen LogP contribution in [0.5, 0.6) is 0 Å². The minimum atomic E-state index is -0.667. The molecule has 1 unspecified atom stereocenters. The van der Waals surface area contributed by atoms with Gasteiger partial charge in [0.2, 0.25) is 0 Å². The summed E-state index contributed by atoms with van der Waals surface area (Å²) >= 11 is 0. The van der Waals surface area contributed by atoms with Crippen molar-refractivity contribution in [3.05, 3.63) is 5.57 Å². The highest BCUT2D eigenvalue weighted by Crippen LogP contribution is 2.69. The third-order valence-corrected chi connectivity index (χ3v) is 10.1. The summed E-state index contributed by atoms with van der Waals surface area (Å²) in [4.78, 5) is 23.0. The van der Waals surface area contributed by atoms with Crippen LogP contribution < -0.4 is 0 Å². The smallest absolute Gasteiger partial charge is 0.303 e. The molecule has 170 valence electrons. The third-order valence-electron chi connectivity index (χ3n) is 10.1. The van der Waals surface area contributed by atoms with Crippen molar-refractivity contribution in [3.8, 4) is 0 Å². The fourth-order valence-corrected chi connectivity index (χ4v) is 8.80. The number of hydrogen-bond donors (Lipinski definition) is 2. The maximum absolute atomic E-state index is 11.9. The van der Waals surface area contributed by atoms with E-state index in [9.17, 15) is 9.59 Å². The molecule has 0 amide bonds. The summed E-state index contributed by atoms with van der Waals surface area (Å²) in [7, 11) is 1.00. The Morgan fingerprint density at radius 3 is 2.43 bits per heavy atom. The standard InChI is InChI=1S/C25H38O3.CH4O/c1-16(7-10-23(27)28)19-8-9-21-18-14-17(15-26)20-6-4-5-12-24(20,2)22(18)11-13-25(19,21)3;1-2/h16,18-22H,4-14H2,1-3H3,(H,27,28);2H,1H3/t16?,18-,19+,20-,21-,22-,24-,25+;/m0./s1. The van der Waals surface area contributed by atoms with Crippen LogP contribution in [0.25, 0.3) is 0 Å². The van der Waals surface area contributed by atoms with Crippen LogP contribution in [-0.4, -0.2) is 29.2 Å². The van der Waals surface area contributed by atoms with Gasteiger partial charge in [-0.15, -0.1) is 0 Å². The van der Waals surface area contributed by atoms with Crippen LogP contribution in [0.3, 0.4) is 0 Å². The maximum atomic E-state index is 11.9. The molecule has 0 aromatic heterocycles. The molecule has 30 heavy (non-hydrogen) atoms. The number of carboxylic acid groups (broad SMARTS) is 1. The van der Waals surface area contributed by atoms with Gasteiger partial charge in [0, 0.05) is 19.1 Å². The molecule has 8 atom stereocenters. The molecular formula is C26H42O4. The number of hydrogen-bond acceptors (Lipinski definition) is 3. The number of carbonyl (C=O) groups excluding carboxylic acids is 1. The van der Waals surface area contributed by atoms with E-state index in [4.69, 9.17) is 10.2 Å². The second kappa shape index (κ2) is 9.17. The summed E-state index contributed by atoms with van der Waals surface area (Å²) in [6.45, 7) is 7.28. The summed E-state index contributed by atoms with van der Waals surface area (Å²) in [5, 5.41) is 16.1. The van der Waals surface area contributed by atoms with E-state index in [0.717, 1.165) is 31.4 Å². The Bertz CT molecular complexity index is 681. The van der Waals surface area contributed by atoms with E-state index in [2.05, 4.69) is 26.7 Å². The number of allylic oxidation sites excluding steroid dienone is 1. The number of aliphatic hydroxyl groups is 1. The number of aliphatic hydroxyl groups excluding tert-OH is 1. The average Bonchev–Trinajstić information content (AvgIpc) is 3.10. The predicted molar refractivity (Wildman–Crippen MR) is 119 cm³/mol. The summed E-state index contributed by atoms with van der Waals surface area (Å²) < 4.78 is 0. The van der Waals surface area contributed by atoms with Crippen LogP contribution in [0.4, 0.5) is 0 Å². The second-order valence-corrected chi connectivity index (χ2v) is 11.2. The van der Waals surface area contributed by atoms with E-state index in [-0.39, 0.29) is 0 Å². The van der Waals surface area contributed by atoms with Crippen LogP contribution in [0, 0.1) is 46.3 Å². The van der Waals surface area contributed by atoms with E-state index >= 15 is 0 Å². The number of carbonyl (C=O) groups is 1. The van der Waals surface area contributed by atoms with Crippen LogP contribution in [0.15, 0.2) is 5.57 Å². The fraction of sp³-hybridized carbons (Fsp3) is 0.885. The monoisotopic (exact) mass is 418 g/mol. The Hall–Kier alpha value is -1.12. The highest BCUT2D eigenvalue weighted by molar-refractivity contribution is 5.66. The zero-order chi connectivity index (χ0) is 22.1. The number of aliphatic carboxylic acids is 1. The molecule has 4 saturated carbocycles. The van der Waals surface area contributed by atoms with Gasteiger partial charge in [-0.1, -0.05) is 33.6 Å². The van der Waals surface area contributed by atoms with E-state index in [0.29, 0.717) is 46.8 Å². The lowest BCUT2D eigenvalue weighted by molar-refractivity contribution is -0.137. The SMILES string of the molecule is CC(CCC(=O)O)[C@H]1CC[C@H]2[C@@H]3CC(=C=O)[C@@H]4CCCC[C@]4(C)[C@H]3CC[C@]12C.CO. The highest BCUT2D eigenvalue weighted by Gasteiger charge is 2.61. The van der Waals surface area contributed by atoms with Crippen molar-refractivity contribution in [1.29, 1.82) is 0 Å². The van der Waals surface area contributed by atoms with Gasteiger partial charge in [-0.3, -0.25) is 4.79 Å². The van der Waals surface area contributed by atoms with Gasteiger partial charge < -0.3 is 10.2 Å². The Kier molecular flexibility index (Phi) is 7.19. The van der Waals surface area contributed by atoms with Gasteiger partial charge in [0.1, 0.15) is 5.94 Å². The topological polar surface area (TPSA) is 74.6 Å². The summed E-state index contributed by atoms with van der Waals surface area (Å²) in [5.41, 5.74) is 1.74. The Morgan fingerprint density at radius 2 is 1.77 bits per heavy atom. The van der Waals surface area contributed by atoms with Crippen LogP contribution in [-0.2, 0) is 9.59 Å². The summed E-state index contributed by atoms with van der Waals surface area (Å²) in [5.74, 6) is 5.46. The molecule has 2 N–H and O–H groups in total. The number of carboxylic acids is 1. The van der Waals surface area contributed by atoms with Crippen molar-refractivity contribution in [3.63, 3.8) is 0 Å². The summed E-state index contributed by atoms with van der Waals surface area (Å²) in [6, 6.07) is 0. The molecule has 4 rings (SSSR count). The van der Waals surface area contributed by atoms with Gasteiger partial charge >= 0.3 is 5.97 Å². The zero-order valence-corrected chi connectivity index (χ0v) is 19.5. The first kappa shape index (κ1) is 23.5. The molecule has 4 heteroatoms. The van der Waals surface area contributed by atoms with Gasteiger partial charge in [-0.25, -0.2) is 4.79 Å². The summed E-state index contributed by atoms with van der Waals surface area (Å²) in [6.07, 6.45) is 12.3. The minimum absolute atomic E-state index is 0.294. The molecule has 0 spiro atoms. The van der Waals surface area contributed by atoms with Crippen molar-refractivity contribution in [2.75, 3.05) is 7.11 Å². The van der Waals surface area contributed by atoms with Gasteiger partial charge in [0.05, 0.1) is 0 Å². The Labute approximate surface area is 182 Å². The molecule has 4 aliphatic rings. The maximum Gasteiger partial charge on any atom is 0.303 e. The van der Waals surface area contributed by atoms with Crippen molar-refractivity contribution in [1.82, 2.24) is 0 Å². The second-order valence-electron chi connectivity index (χ2n) is 11.2. The molecule has 0 saturated heterocycles. The van der Waals surface area contributed by atoms with Gasteiger partial charge in [0.15, 0.2) is 0 Å². The molecule has 0 aliphatic heterocycles. The molecule has 0 radical (unpaired) electrons. The van der Waals surface area contributed by atoms with Crippen LogP contribution in [0.1, 0.15) is 91.4 Å². The molecule has 0 heterocycles. The molecule has 4 fully saturated rings. The lowest BCUT2D eigenvalue weighted by atomic mass is 9.43. The molecular weight excluding hydrogens is 376 g/mol. The molecule has 4 nitrogen and oxygen atoms in total. The third kappa shape index (κ3) is 3.79.